The van der Waals surface area contributed by atoms with Gasteiger partial charge in [-0.25, -0.2) is 0 Å². The Bertz CT molecular complexity index is 1020. The fraction of sp³-hybridized carbons (Fsp3) is 0.261. The lowest BCUT2D eigenvalue weighted by atomic mass is 10.1. The van der Waals surface area contributed by atoms with Crippen molar-refractivity contribution >= 4 is 40.8 Å². The SMILES string of the molecule is C#CCOc1cc(CNC(=NC)NCCc2c[nH]c3ccccc23)ccc1OC.I. The molecule has 3 N–H and O–H groups in total. The number of hydrogen-bond acceptors (Lipinski definition) is 3. The van der Waals surface area contributed by atoms with Crippen LogP contribution in [-0.4, -0.2) is 38.3 Å². The average Bonchev–Trinajstić information content (AvgIpc) is 3.17. The van der Waals surface area contributed by atoms with Crippen LogP contribution in [0.5, 0.6) is 11.5 Å². The van der Waals surface area contributed by atoms with Crippen LogP contribution in [0.25, 0.3) is 10.9 Å². The Kier molecular flexibility index (Phi) is 9.35. The molecule has 7 heteroatoms. The van der Waals surface area contributed by atoms with Crippen LogP contribution in [0.3, 0.4) is 0 Å². The summed E-state index contributed by atoms with van der Waals surface area (Å²) < 4.78 is 10.9. The standard InChI is InChI=1S/C23H26N4O2.HI/c1-4-13-29-22-14-17(9-10-21(22)28-3)15-27-23(24-2)25-12-11-18-16-26-20-8-6-5-7-19(18)20;/h1,5-10,14,16,26H,11-13,15H2,2-3H3,(H2,24,25,27);1H. The van der Waals surface area contributed by atoms with Crippen molar-refractivity contribution in [1.82, 2.24) is 15.6 Å². The summed E-state index contributed by atoms with van der Waals surface area (Å²) in [6.07, 6.45) is 8.25. The Hall–Kier alpha value is -2.86. The highest BCUT2D eigenvalue weighted by Crippen LogP contribution is 2.28. The minimum atomic E-state index is 0. The molecule has 0 aliphatic carbocycles. The number of halogens is 1. The summed E-state index contributed by atoms with van der Waals surface area (Å²) in [5.74, 6) is 4.50. The number of benzene rings is 2. The molecule has 0 aliphatic rings. The maximum Gasteiger partial charge on any atom is 0.191 e. The number of fused-ring (bicyclic) bond motifs is 1. The highest BCUT2D eigenvalue weighted by Gasteiger charge is 2.07. The Morgan fingerprint density at radius 2 is 2.00 bits per heavy atom. The van der Waals surface area contributed by atoms with Crippen LogP contribution >= 0.6 is 24.0 Å². The number of nitrogens with one attached hydrogen (secondary N) is 3. The number of aliphatic imine (C=N–C) groups is 1. The van der Waals surface area contributed by atoms with Gasteiger partial charge in [-0.3, -0.25) is 4.99 Å². The fourth-order valence-corrected chi connectivity index (χ4v) is 3.12. The smallest absolute Gasteiger partial charge is 0.191 e. The second-order valence-electron chi connectivity index (χ2n) is 6.44. The first-order valence-electron chi connectivity index (χ1n) is 9.48. The molecule has 0 saturated heterocycles. The zero-order chi connectivity index (χ0) is 20.5. The van der Waals surface area contributed by atoms with Crippen molar-refractivity contribution in [3.63, 3.8) is 0 Å². The molecule has 0 aliphatic heterocycles. The van der Waals surface area contributed by atoms with Crippen LogP contribution in [-0.2, 0) is 13.0 Å². The van der Waals surface area contributed by atoms with Crippen molar-refractivity contribution in [2.24, 2.45) is 4.99 Å². The van der Waals surface area contributed by atoms with E-state index >= 15 is 0 Å². The molecule has 1 heterocycles. The number of aromatic nitrogens is 1. The van der Waals surface area contributed by atoms with E-state index in [4.69, 9.17) is 15.9 Å². The van der Waals surface area contributed by atoms with Crippen molar-refractivity contribution in [3.8, 4) is 23.8 Å². The normalized spacial score (nSPS) is 10.8. The van der Waals surface area contributed by atoms with E-state index in [1.54, 1.807) is 14.2 Å². The summed E-state index contributed by atoms with van der Waals surface area (Å²) in [5.41, 5.74) is 3.48. The molecule has 6 nitrogen and oxygen atoms in total. The van der Waals surface area contributed by atoms with Crippen molar-refractivity contribution in [3.05, 3.63) is 59.8 Å². The third-order valence-electron chi connectivity index (χ3n) is 4.58. The van der Waals surface area contributed by atoms with Crippen LogP contribution in [0.2, 0.25) is 0 Å². The van der Waals surface area contributed by atoms with Gasteiger partial charge < -0.3 is 25.1 Å². The Morgan fingerprint density at radius 1 is 1.17 bits per heavy atom. The molecule has 0 radical (unpaired) electrons. The first-order chi connectivity index (χ1) is 14.2. The Morgan fingerprint density at radius 3 is 2.77 bits per heavy atom. The number of terminal acetylenes is 1. The lowest BCUT2D eigenvalue weighted by Gasteiger charge is -2.14. The molecule has 0 saturated carbocycles. The number of guanidine groups is 1. The van der Waals surface area contributed by atoms with Gasteiger partial charge in [0.1, 0.15) is 6.61 Å². The van der Waals surface area contributed by atoms with Gasteiger partial charge in [-0.1, -0.05) is 30.2 Å². The van der Waals surface area contributed by atoms with E-state index in [1.165, 1.54) is 10.9 Å². The topological polar surface area (TPSA) is 70.7 Å². The molecule has 0 fully saturated rings. The van der Waals surface area contributed by atoms with E-state index in [2.05, 4.69) is 50.9 Å². The summed E-state index contributed by atoms with van der Waals surface area (Å²) in [5, 5.41) is 7.93. The van der Waals surface area contributed by atoms with Gasteiger partial charge in [0.15, 0.2) is 17.5 Å². The minimum Gasteiger partial charge on any atom is -0.493 e. The number of aromatic amines is 1. The largest absolute Gasteiger partial charge is 0.493 e. The van der Waals surface area contributed by atoms with Crippen LogP contribution in [0.4, 0.5) is 0 Å². The lowest BCUT2D eigenvalue weighted by Crippen LogP contribution is -2.37. The fourth-order valence-electron chi connectivity index (χ4n) is 3.12. The van der Waals surface area contributed by atoms with Gasteiger partial charge >= 0.3 is 0 Å². The number of para-hydroxylation sites is 1. The van der Waals surface area contributed by atoms with E-state index in [1.807, 2.05) is 24.3 Å². The predicted molar refractivity (Wildman–Crippen MR) is 133 cm³/mol. The molecule has 0 bridgehead atoms. The first-order valence-corrected chi connectivity index (χ1v) is 9.48. The summed E-state index contributed by atoms with van der Waals surface area (Å²) in [6, 6.07) is 14.1. The second kappa shape index (κ2) is 12.0. The number of ether oxygens (including phenoxy) is 2. The number of nitrogens with zero attached hydrogens (tertiary/aromatic N) is 1. The maximum atomic E-state index is 5.55. The zero-order valence-corrected chi connectivity index (χ0v) is 19.5. The molecule has 0 amide bonds. The number of H-pyrrole nitrogens is 1. The van der Waals surface area contributed by atoms with Crippen molar-refractivity contribution in [1.29, 1.82) is 0 Å². The first kappa shape index (κ1) is 23.4. The molecular weight excluding hydrogens is 491 g/mol. The van der Waals surface area contributed by atoms with Gasteiger partial charge in [0, 0.05) is 37.2 Å². The number of hydrogen-bond donors (Lipinski definition) is 3. The highest BCUT2D eigenvalue weighted by molar-refractivity contribution is 14.0. The Balaban J connectivity index is 0.00000320. The minimum absolute atomic E-state index is 0. The van der Waals surface area contributed by atoms with E-state index in [0.29, 0.717) is 18.0 Å². The van der Waals surface area contributed by atoms with Crippen molar-refractivity contribution in [2.45, 2.75) is 13.0 Å². The second-order valence-corrected chi connectivity index (χ2v) is 6.44. The third-order valence-corrected chi connectivity index (χ3v) is 4.58. The van der Waals surface area contributed by atoms with Crippen LogP contribution in [0.15, 0.2) is 53.7 Å². The molecule has 30 heavy (non-hydrogen) atoms. The lowest BCUT2D eigenvalue weighted by molar-refractivity contribution is 0.330. The quantitative estimate of drug-likeness (QED) is 0.184. The van der Waals surface area contributed by atoms with Crippen LogP contribution < -0.4 is 20.1 Å². The molecule has 1 aromatic heterocycles. The van der Waals surface area contributed by atoms with Gasteiger partial charge in [0.25, 0.3) is 0 Å². The average molecular weight is 518 g/mol. The monoisotopic (exact) mass is 518 g/mol. The summed E-state index contributed by atoms with van der Waals surface area (Å²) >= 11 is 0. The summed E-state index contributed by atoms with van der Waals surface area (Å²) in [4.78, 5) is 7.60. The van der Waals surface area contributed by atoms with Gasteiger partial charge in [-0.05, 0) is 35.7 Å². The molecule has 2 aromatic carbocycles. The van der Waals surface area contributed by atoms with E-state index in [9.17, 15) is 0 Å². The Labute approximate surface area is 194 Å². The number of rotatable bonds is 8. The van der Waals surface area contributed by atoms with Gasteiger partial charge in [0.05, 0.1) is 7.11 Å². The van der Waals surface area contributed by atoms with E-state index in [0.717, 1.165) is 30.0 Å². The predicted octanol–water partition coefficient (Wildman–Crippen LogP) is 3.71. The van der Waals surface area contributed by atoms with Crippen molar-refractivity contribution < 1.29 is 9.47 Å². The van der Waals surface area contributed by atoms with Gasteiger partial charge in [-0.15, -0.1) is 30.4 Å². The molecule has 3 rings (SSSR count). The molecule has 0 atom stereocenters. The summed E-state index contributed by atoms with van der Waals surface area (Å²) in [7, 11) is 3.37. The van der Waals surface area contributed by atoms with Crippen LogP contribution in [0, 0.1) is 12.3 Å². The molecule has 3 aromatic rings. The molecule has 0 unspecified atom stereocenters. The maximum absolute atomic E-state index is 5.55. The van der Waals surface area contributed by atoms with E-state index in [-0.39, 0.29) is 30.6 Å². The molecule has 0 spiro atoms. The molecule has 158 valence electrons. The van der Waals surface area contributed by atoms with Crippen LogP contribution in [0.1, 0.15) is 11.1 Å². The number of methoxy groups -OCH3 is 1. The zero-order valence-electron chi connectivity index (χ0n) is 17.2. The van der Waals surface area contributed by atoms with Gasteiger partial charge in [0.2, 0.25) is 0 Å². The molecular formula is C23H27IN4O2. The van der Waals surface area contributed by atoms with Gasteiger partial charge in [-0.2, -0.15) is 0 Å². The van der Waals surface area contributed by atoms with Crippen molar-refractivity contribution in [2.75, 3.05) is 27.3 Å². The summed E-state index contributed by atoms with van der Waals surface area (Å²) in [6.45, 7) is 1.58. The highest BCUT2D eigenvalue weighted by atomic mass is 127. The van der Waals surface area contributed by atoms with E-state index < -0.39 is 0 Å². The third kappa shape index (κ3) is 6.07.